The smallest absolute Gasteiger partial charge is 0.338 e. The standard InChI is InChI=1S/C16H19N3O3/c1-3-22-16(21)13-6-4-7-14(11-13)18-15(20)10-12(2)19-9-5-8-17-19/h4-9,11-12H,3,10H2,1-2H3,(H,18,20)/t12-/m0/s1. The lowest BCUT2D eigenvalue weighted by Gasteiger charge is -2.12. The third kappa shape index (κ3) is 4.18. The van der Waals surface area contributed by atoms with Gasteiger partial charge in [0.1, 0.15) is 0 Å². The molecule has 1 aromatic carbocycles. The van der Waals surface area contributed by atoms with Gasteiger partial charge in [0.2, 0.25) is 5.91 Å². The maximum atomic E-state index is 12.1. The third-order valence-corrected chi connectivity index (χ3v) is 3.11. The molecule has 0 bridgehead atoms. The van der Waals surface area contributed by atoms with Crippen LogP contribution < -0.4 is 5.32 Å². The summed E-state index contributed by atoms with van der Waals surface area (Å²) in [6.45, 7) is 3.98. The molecule has 0 radical (unpaired) electrons. The van der Waals surface area contributed by atoms with Crippen LogP contribution in [0.15, 0.2) is 42.7 Å². The Morgan fingerprint density at radius 2 is 2.18 bits per heavy atom. The molecule has 0 saturated carbocycles. The van der Waals surface area contributed by atoms with Crippen molar-refractivity contribution in [2.45, 2.75) is 26.3 Å². The molecule has 0 fully saturated rings. The molecule has 2 aromatic rings. The van der Waals surface area contributed by atoms with E-state index in [4.69, 9.17) is 4.74 Å². The summed E-state index contributed by atoms with van der Waals surface area (Å²) in [6.07, 6.45) is 3.79. The van der Waals surface area contributed by atoms with E-state index in [1.165, 1.54) is 0 Å². The minimum absolute atomic E-state index is 0.0387. The Morgan fingerprint density at radius 1 is 1.36 bits per heavy atom. The van der Waals surface area contributed by atoms with Crippen molar-refractivity contribution >= 4 is 17.6 Å². The van der Waals surface area contributed by atoms with E-state index in [0.29, 0.717) is 24.3 Å². The Morgan fingerprint density at radius 3 is 2.86 bits per heavy atom. The van der Waals surface area contributed by atoms with Gasteiger partial charge in [-0.25, -0.2) is 4.79 Å². The number of ether oxygens (including phenoxy) is 1. The van der Waals surface area contributed by atoms with Crippen molar-refractivity contribution in [3.05, 3.63) is 48.3 Å². The Bertz CT molecular complexity index is 638. The van der Waals surface area contributed by atoms with E-state index in [1.54, 1.807) is 42.1 Å². The number of nitrogens with one attached hydrogen (secondary N) is 1. The van der Waals surface area contributed by atoms with Gasteiger partial charge in [0.25, 0.3) is 0 Å². The summed E-state index contributed by atoms with van der Waals surface area (Å²) in [6, 6.07) is 8.48. The molecule has 1 N–H and O–H groups in total. The van der Waals surface area contributed by atoms with E-state index in [1.807, 2.05) is 19.2 Å². The van der Waals surface area contributed by atoms with Gasteiger partial charge in [-0.3, -0.25) is 9.48 Å². The van der Waals surface area contributed by atoms with Crippen LogP contribution >= 0.6 is 0 Å². The summed E-state index contributed by atoms with van der Waals surface area (Å²) in [5.74, 6) is -0.535. The molecule has 2 rings (SSSR count). The van der Waals surface area contributed by atoms with Crippen LogP contribution in [0.4, 0.5) is 5.69 Å². The van der Waals surface area contributed by atoms with Gasteiger partial charge in [-0.05, 0) is 38.1 Å². The highest BCUT2D eigenvalue weighted by molar-refractivity contribution is 5.94. The summed E-state index contributed by atoms with van der Waals surface area (Å²) in [7, 11) is 0. The van der Waals surface area contributed by atoms with Gasteiger partial charge in [0.05, 0.1) is 18.2 Å². The van der Waals surface area contributed by atoms with Gasteiger partial charge in [0, 0.05) is 24.5 Å². The molecule has 1 aromatic heterocycles. The first-order valence-electron chi connectivity index (χ1n) is 7.16. The molecule has 1 amide bonds. The van der Waals surface area contributed by atoms with E-state index in [9.17, 15) is 9.59 Å². The second-order valence-electron chi connectivity index (χ2n) is 4.89. The number of benzene rings is 1. The highest BCUT2D eigenvalue weighted by Crippen LogP contribution is 2.14. The van der Waals surface area contributed by atoms with E-state index >= 15 is 0 Å². The quantitative estimate of drug-likeness (QED) is 0.832. The number of hydrogen-bond donors (Lipinski definition) is 1. The minimum Gasteiger partial charge on any atom is -0.462 e. The van der Waals surface area contributed by atoms with Crippen LogP contribution in [0, 0.1) is 0 Å². The van der Waals surface area contributed by atoms with Crippen molar-refractivity contribution in [3.8, 4) is 0 Å². The van der Waals surface area contributed by atoms with Crippen LogP contribution in [0.1, 0.15) is 36.7 Å². The van der Waals surface area contributed by atoms with Gasteiger partial charge in [-0.1, -0.05) is 6.07 Å². The SMILES string of the molecule is CCOC(=O)c1cccc(NC(=O)C[C@H](C)n2cccn2)c1. The van der Waals surface area contributed by atoms with Crippen LogP contribution in [0.25, 0.3) is 0 Å². The molecule has 0 aliphatic rings. The largest absolute Gasteiger partial charge is 0.462 e. The molecule has 0 saturated heterocycles. The number of hydrogen-bond acceptors (Lipinski definition) is 4. The van der Waals surface area contributed by atoms with Crippen LogP contribution in [0.2, 0.25) is 0 Å². The average Bonchev–Trinajstić information content (AvgIpc) is 3.02. The van der Waals surface area contributed by atoms with E-state index < -0.39 is 5.97 Å². The van der Waals surface area contributed by atoms with Crippen molar-refractivity contribution in [2.75, 3.05) is 11.9 Å². The summed E-state index contributed by atoms with van der Waals surface area (Å²) in [5.41, 5.74) is 0.989. The lowest BCUT2D eigenvalue weighted by atomic mass is 10.2. The third-order valence-electron chi connectivity index (χ3n) is 3.11. The van der Waals surface area contributed by atoms with Crippen molar-refractivity contribution in [1.82, 2.24) is 9.78 Å². The highest BCUT2D eigenvalue weighted by Gasteiger charge is 2.12. The first-order valence-corrected chi connectivity index (χ1v) is 7.16. The number of amides is 1. The molecule has 0 spiro atoms. The molecular weight excluding hydrogens is 282 g/mol. The van der Waals surface area contributed by atoms with Crippen molar-refractivity contribution in [1.29, 1.82) is 0 Å². The van der Waals surface area contributed by atoms with Crippen molar-refractivity contribution in [3.63, 3.8) is 0 Å². The normalized spacial score (nSPS) is 11.7. The molecule has 1 atom stereocenters. The van der Waals surface area contributed by atoms with Gasteiger partial charge >= 0.3 is 5.97 Å². The van der Waals surface area contributed by atoms with Crippen LogP contribution in [-0.2, 0) is 9.53 Å². The van der Waals surface area contributed by atoms with E-state index in [2.05, 4.69) is 10.4 Å². The zero-order valence-corrected chi connectivity index (χ0v) is 12.7. The summed E-state index contributed by atoms with van der Waals surface area (Å²) < 4.78 is 6.67. The molecule has 0 aliphatic carbocycles. The van der Waals surface area contributed by atoms with Crippen LogP contribution in [-0.4, -0.2) is 28.3 Å². The lowest BCUT2D eigenvalue weighted by molar-refractivity contribution is -0.116. The minimum atomic E-state index is -0.400. The van der Waals surface area contributed by atoms with Gasteiger partial charge in [-0.2, -0.15) is 5.10 Å². The van der Waals surface area contributed by atoms with E-state index in [0.717, 1.165) is 0 Å². The molecule has 22 heavy (non-hydrogen) atoms. The summed E-state index contributed by atoms with van der Waals surface area (Å²) >= 11 is 0. The maximum Gasteiger partial charge on any atom is 0.338 e. The Hall–Kier alpha value is -2.63. The number of nitrogens with zero attached hydrogens (tertiary/aromatic N) is 2. The maximum absolute atomic E-state index is 12.1. The highest BCUT2D eigenvalue weighted by atomic mass is 16.5. The molecule has 0 unspecified atom stereocenters. The number of esters is 1. The molecule has 1 heterocycles. The van der Waals surface area contributed by atoms with Crippen molar-refractivity contribution in [2.24, 2.45) is 0 Å². The monoisotopic (exact) mass is 301 g/mol. The topological polar surface area (TPSA) is 73.2 Å². The van der Waals surface area contributed by atoms with E-state index in [-0.39, 0.29) is 11.9 Å². The Balaban J connectivity index is 1.96. The second-order valence-corrected chi connectivity index (χ2v) is 4.89. The number of carbonyl (C=O) groups is 2. The first kappa shape index (κ1) is 15.8. The Labute approximate surface area is 129 Å². The summed E-state index contributed by atoms with van der Waals surface area (Å²) in [5, 5.41) is 6.89. The molecule has 6 heteroatoms. The lowest BCUT2D eigenvalue weighted by Crippen LogP contribution is -2.18. The molecule has 0 aliphatic heterocycles. The summed E-state index contributed by atoms with van der Waals surface area (Å²) in [4.78, 5) is 23.7. The fourth-order valence-corrected chi connectivity index (χ4v) is 2.05. The second kappa shape index (κ2) is 7.40. The molecular formula is C16H19N3O3. The zero-order chi connectivity index (χ0) is 15.9. The molecule has 6 nitrogen and oxygen atoms in total. The number of carbonyl (C=O) groups excluding carboxylic acids is 2. The van der Waals surface area contributed by atoms with Gasteiger partial charge in [-0.15, -0.1) is 0 Å². The average molecular weight is 301 g/mol. The predicted octanol–water partition coefficient (Wildman–Crippen LogP) is 2.65. The fraction of sp³-hybridized carbons (Fsp3) is 0.312. The zero-order valence-electron chi connectivity index (χ0n) is 12.7. The Kier molecular flexibility index (Phi) is 5.30. The predicted molar refractivity (Wildman–Crippen MR) is 82.6 cm³/mol. The van der Waals surface area contributed by atoms with Gasteiger partial charge < -0.3 is 10.1 Å². The molecule has 116 valence electrons. The number of anilines is 1. The van der Waals surface area contributed by atoms with Crippen LogP contribution in [0.3, 0.4) is 0 Å². The first-order chi connectivity index (χ1) is 10.6. The fourth-order valence-electron chi connectivity index (χ4n) is 2.05. The van der Waals surface area contributed by atoms with Crippen LogP contribution in [0.5, 0.6) is 0 Å². The van der Waals surface area contributed by atoms with Gasteiger partial charge in [0.15, 0.2) is 0 Å². The number of aromatic nitrogens is 2. The number of rotatable bonds is 6. The van der Waals surface area contributed by atoms with Crippen molar-refractivity contribution < 1.29 is 14.3 Å².